The van der Waals surface area contributed by atoms with Gasteiger partial charge in [0.25, 0.3) is 15.9 Å². The largest absolute Gasteiger partial charge is 0.493 e. The van der Waals surface area contributed by atoms with E-state index in [-0.39, 0.29) is 30.3 Å². The van der Waals surface area contributed by atoms with Crippen molar-refractivity contribution in [2.24, 2.45) is 7.05 Å². The zero-order chi connectivity index (χ0) is 30.3. The van der Waals surface area contributed by atoms with Crippen LogP contribution in [0.4, 0.5) is 4.39 Å². The van der Waals surface area contributed by atoms with Crippen LogP contribution in [0.2, 0.25) is 0 Å². The fraction of sp³-hybridized carbons (Fsp3) is 0.290. The molecule has 0 saturated heterocycles. The summed E-state index contributed by atoms with van der Waals surface area (Å²) in [5.41, 5.74) is 2.86. The zero-order valence-corrected chi connectivity index (χ0v) is 24.8. The summed E-state index contributed by atoms with van der Waals surface area (Å²) in [6.07, 6.45) is 0.862. The van der Waals surface area contributed by atoms with Gasteiger partial charge in [-0.2, -0.15) is 9.40 Å². The number of rotatable bonds is 3. The van der Waals surface area contributed by atoms with Crippen molar-refractivity contribution in [1.82, 2.24) is 19.4 Å². The number of hydrogen-bond acceptors (Lipinski definition) is 7. The Kier molecular flexibility index (Phi) is 7.57. The number of hydrogen-bond donors (Lipinski definition) is 1. The minimum absolute atomic E-state index is 0.104. The molecular weight excluding hydrogens is 575 g/mol. The lowest BCUT2D eigenvalue weighted by Crippen LogP contribution is -2.41. The van der Waals surface area contributed by atoms with Crippen molar-refractivity contribution >= 4 is 15.9 Å². The van der Waals surface area contributed by atoms with Crippen molar-refractivity contribution in [1.29, 1.82) is 0 Å². The maximum absolute atomic E-state index is 14.5. The number of aromatic nitrogens is 2. The molecule has 8 bridgehead atoms. The second-order valence-corrected chi connectivity index (χ2v) is 12.3. The number of methoxy groups -OCH3 is 1. The van der Waals surface area contributed by atoms with E-state index in [0.29, 0.717) is 47.1 Å². The average Bonchev–Trinajstić information content (AvgIpc) is 3.34. The number of nitrogens with one attached hydrogen (secondary N) is 1. The van der Waals surface area contributed by atoms with Crippen LogP contribution in [0.15, 0.2) is 65.7 Å². The number of aryl methyl sites for hydroxylation is 2. The van der Waals surface area contributed by atoms with Gasteiger partial charge in [0.1, 0.15) is 17.3 Å². The molecule has 1 unspecified atom stereocenters. The maximum atomic E-state index is 14.5. The van der Waals surface area contributed by atoms with Crippen LogP contribution in [0.1, 0.15) is 45.2 Å². The second kappa shape index (κ2) is 11.3. The van der Waals surface area contributed by atoms with Gasteiger partial charge in [-0.25, -0.2) is 12.8 Å². The number of fused-ring (bicyclic) bond motifs is 6. The molecular formula is C31H31FN4O6S. The third-order valence-electron chi connectivity index (χ3n) is 7.62. The van der Waals surface area contributed by atoms with Crippen molar-refractivity contribution in [3.63, 3.8) is 0 Å². The summed E-state index contributed by atoms with van der Waals surface area (Å²) in [5, 5.41) is 7.10. The molecule has 3 aromatic carbocycles. The van der Waals surface area contributed by atoms with Crippen LogP contribution in [0, 0.1) is 12.7 Å². The molecule has 12 heteroatoms. The van der Waals surface area contributed by atoms with Crippen LogP contribution in [0.3, 0.4) is 0 Å². The molecule has 4 heterocycles. The van der Waals surface area contributed by atoms with E-state index in [1.54, 1.807) is 38.2 Å². The first-order valence-corrected chi connectivity index (χ1v) is 15.3. The Bertz CT molecular complexity index is 1820. The molecule has 3 aliphatic rings. The van der Waals surface area contributed by atoms with Gasteiger partial charge >= 0.3 is 0 Å². The van der Waals surface area contributed by atoms with E-state index in [2.05, 4.69) is 10.4 Å². The summed E-state index contributed by atoms with van der Waals surface area (Å²) in [4.78, 5) is 12.7. The first-order chi connectivity index (χ1) is 20.7. The topological polar surface area (TPSA) is 112 Å². The lowest BCUT2D eigenvalue weighted by molar-refractivity contribution is 0.0947. The van der Waals surface area contributed by atoms with Gasteiger partial charge in [0.05, 0.1) is 31.0 Å². The quantitative estimate of drug-likeness (QED) is 0.365. The number of ether oxygens (including phenoxy) is 3. The van der Waals surface area contributed by atoms with E-state index in [9.17, 15) is 17.6 Å². The molecule has 0 saturated carbocycles. The van der Waals surface area contributed by atoms with Gasteiger partial charge in [-0.15, -0.1) is 0 Å². The lowest BCUT2D eigenvalue weighted by Gasteiger charge is -2.37. The monoisotopic (exact) mass is 606 g/mol. The standard InChI is InChI=1S/C31H31FN4O6S/c1-19-15-29(35(2)34-19)43(38,39)36-13-11-20-16-22-6-8-24(20)30(36)21-5-10-27(40-3)28(17-21)41-14-4-12-33-31(37)25-18-23(42-22)7-9-26(25)32/h5-10,15-18,30H,4,11-14H2,1-3H3,(H,33,37). The number of halogens is 1. The van der Waals surface area contributed by atoms with Gasteiger partial charge in [-0.1, -0.05) is 12.1 Å². The van der Waals surface area contributed by atoms with Crippen molar-refractivity contribution < 1.29 is 31.8 Å². The number of amides is 1. The number of carbonyl (C=O) groups excluding carboxylic acids is 1. The highest BCUT2D eigenvalue weighted by molar-refractivity contribution is 7.89. The molecule has 10 nitrogen and oxygen atoms in total. The van der Waals surface area contributed by atoms with Crippen LogP contribution in [-0.2, 0) is 23.5 Å². The smallest absolute Gasteiger partial charge is 0.261 e. The first kappa shape index (κ1) is 28.7. The van der Waals surface area contributed by atoms with Crippen LogP contribution >= 0.6 is 0 Å². The highest BCUT2D eigenvalue weighted by Crippen LogP contribution is 2.43. The van der Waals surface area contributed by atoms with Crippen molar-refractivity contribution in [3.8, 4) is 23.0 Å². The molecule has 4 aromatic rings. The SMILES string of the molecule is COc1ccc2cc1OCCCNC(=O)c1cc(ccc1F)Oc1ccc3c(c1)CCN(S(=O)(=O)c1cc(C)nn1C)C23. The minimum Gasteiger partial charge on any atom is -0.493 e. The fourth-order valence-corrected chi connectivity index (χ4v) is 7.38. The van der Waals surface area contributed by atoms with E-state index in [1.807, 2.05) is 18.2 Å². The third kappa shape index (κ3) is 5.43. The number of sulfonamides is 1. The number of benzene rings is 3. The van der Waals surface area contributed by atoms with Crippen LogP contribution in [-0.4, -0.2) is 55.2 Å². The van der Waals surface area contributed by atoms with Gasteiger partial charge < -0.3 is 19.5 Å². The predicted molar refractivity (Wildman–Crippen MR) is 156 cm³/mol. The summed E-state index contributed by atoms with van der Waals surface area (Å²) in [7, 11) is -0.823. The molecule has 1 amide bonds. The van der Waals surface area contributed by atoms with E-state index >= 15 is 0 Å². The molecule has 0 fully saturated rings. The Labute approximate surface area is 249 Å². The Morgan fingerprint density at radius 3 is 2.63 bits per heavy atom. The summed E-state index contributed by atoms with van der Waals surface area (Å²) in [6.45, 7) is 2.43. The van der Waals surface area contributed by atoms with Gasteiger partial charge in [0.2, 0.25) is 0 Å². The van der Waals surface area contributed by atoms with Crippen molar-refractivity contribution in [3.05, 3.63) is 94.4 Å². The second-order valence-electron chi connectivity index (χ2n) is 10.5. The Balaban J connectivity index is 1.49. The molecule has 0 radical (unpaired) electrons. The summed E-state index contributed by atoms with van der Waals surface area (Å²) < 4.78 is 63.4. The fourth-order valence-electron chi connectivity index (χ4n) is 5.60. The molecule has 0 spiro atoms. The molecule has 3 aliphatic heterocycles. The molecule has 1 N–H and O–H groups in total. The lowest BCUT2D eigenvalue weighted by atomic mass is 9.89. The molecule has 43 heavy (non-hydrogen) atoms. The van der Waals surface area contributed by atoms with Crippen LogP contribution in [0.5, 0.6) is 23.0 Å². The van der Waals surface area contributed by atoms with Gasteiger partial charge in [-0.3, -0.25) is 9.48 Å². The first-order valence-electron chi connectivity index (χ1n) is 13.9. The Morgan fingerprint density at radius 2 is 1.86 bits per heavy atom. The van der Waals surface area contributed by atoms with Crippen molar-refractivity contribution in [2.75, 3.05) is 26.8 Å². The minimum atomic E-state index is -3.97. The maximum Gasteiger partial charge on any atom is 0.261 e. The van der Waals surface area contributed by atoms with E-state index in [4.69, 9.17) is 14.2 Å². The van der Waals surface area contributed by atoms with Gasteiger partial charge in [-0.05, 0) is 85.0 Å². The Morgan fingerprint density at radius 1 is 1.07 bits per heavy atom. The molecule has 1 aromatic heterocycles. The van der Waals surface area contributed by atoms with E-state index in [1.165, 1.54) is 34.3 Å². The Hall–Kier alpha value is -4.42. The highest BCUT2D eigenvalue weighted by Gasteiger charge is 2.39. The van der Waals surface area contributed by atoms with E-state index in [0.717, 1.165) is 11.1 Å². The van der Waals surface area contributed by atoms with E-state index < -0.39 is 27.8 Å². The van der Waals surface area contributed by atoms with Crippen molar-refractivity contribution in [2.45, 2.75) is 30.8 Å². The summed E-state index contributed by atoms with van der Waals surface area (Å²) in [6, 6.07) is 15.7. The molecule has 224 valence electrons. The van der Waals surface area contributed by atoms with Crippen LogP contribution in [0.25, 0.3) is 0 Å². The van der Waals surface area contributed by atoms with Gasteiger partial charge in [0, 0.05) is 20.1 Å². The molecule has 1 atom stereocenters. The van der Waals surface area contributed by atoms with Crippen LogP contribution < -0.4 is 19.5 Å². The normalized spacial score (nSPS) is 17.3. The van der Waals surface area contributed by atoms with Gasteiger partial charge in [0.15, 0.2) is 16.5 Å². The zero-order valence-electron chi connectivity index (χ0n) is 24.0. The number of nitrogens with zero attached hydrogens (tertiary/aromatic N) is 3. The third-order valence-corrected chi connectivity index (χ3v) is 9.54. The average molecular weight is 607 g/mol. The highest BCUT2D eigenvalue weighted by atomic mass is 32.2. The number of carbonyl (C=O) groups is 1. The summed E-state index contributed by atoms with van der Waals surface area (Å²) >= 11 is 0. The summed E-state index contributed by atoms with van der Waals surface area (Å²) in [5.74, 6) is 0.495. The predicted octanol–water partition coefficient (Wildman–Crippen LogP) is 4.52. The molecule has 0 aliphatic carbocycles. The molecule has 7 rings (SSSR count).